The van der Waals surface area contributed by atoms with Gasteiger partial charge in [0.2, 0.25) is 21.8 Å². The topological polar surface area (TPSA) is 86.8 Å². The molecule has 2 aromatic carbocycles. The molecule has 7 nitrogen and oxygen atoms in total. The number of aryl methyl sites for hydroxylation is 2. The lowest BCUT2D eigenvalue weighted by atomic mass is 10.1. The minimum absolute atomic E-state index is 0.162. The fraction of sp³-hybridized carbons (Fsp3) is 0.440. The van der Waals surface area contributed by atoms with Gasteiger partial charge >= 0.3 is 0 Å². The molecular weight excluding hydrogens is 518 g/mol. The number of sulfonamides is 1. The number of benzene rings is 2. The average molecular weight is 553 g/mol. The summed E-state index contributed by atoms with van der Waals surface area (Å²) in [7, 11) is -3.75. The first kappa shape index (κ1) is 27.9. The summed E-state index contributed by atoms with van der Waals surface area (Å²) in [5, 5.41) is 2.91. The highest BCUT2D eigenvalue weighted by molar-refractivity contribution is 9.10. The maximum atomic E-state index is 13.5. The maximum absolute atomic E-state index is 13.5. The Kier molecular flexibility index (Phi) is 8.93. The maximum Gasteiger partial charge on any atom is 0.244 e. The lowest BCUT2D eigenvalue weighted by Crippen LogP contribution is -2.54. The number of halogens is 1. The molecule has 1 unspecified atom stereocenters. The van der Waals surface area contributed by atoms with E-state index in [0.717, 1.165) is 31.7 Å². The van der Waals surface area contributed by atoms with E-state index in [1.165, 1.54) is 4.90 Å². The summed E-state index contributed by atoms with van der Waals surface area (Å²) in [6.07, 6.45) is 1.07. The molecule has 0 aliphatic rings. The van der Waals surface area contributed by atoms with Crippen LogP contribution in [0, 0.1) is 13.8 Å². The van der Waals surface area contributed by atoms with Crippen molar-refractivity contribution < 1.29 is 18.0 Å². The summed E-state index contributed by atoms with van der Waals surface area (Å²) in [5.74, 6) is -0.779. The van der Waals surface area contributed by atoms with Crippen LogP contribution in [0.5, 0.6) is 0 Å². The number of hydrogen-bond acceptors (Lipinski definition) is 4. The molecule has 0 aliphatic heterocycles. The minimum Gasteiger partial charge on any atom is -0.350 e. The van der Waals surface area contributed by atoms with Crippen molar-refractivity contribution in [2.45, 2.75) is 59.7 Å². The Hall–Kier alpha value is -2.39. The van der Waals surface area contributed by atoms with Gasteiger partial charge in [-0.2, -0.15) is 0 Å². The molecule has 9 heteroatoms. The summed E-state index contributed by atoms with van der Waals surface area (Å²) in [6.45, 7) is 10.8. The van der Waals surface area contributed by atoms with E-state index in [-0.39, 0.29) is 12.5 Å². The highest BCUT2D eigenvalue weighted by Gasteiger charge is 2.31. The minimum atomic E-state index is -3.75. The van der Waals surface area contributed by atoms with Gasteiger partial charge in [-0.1, -0.05) is 34.1 Å². The van der Waals surface area contributed by atoms with Gasteiger partial charge in [0, 0.05) is 16.6 Å². The molecule has 2 rings (SSSR count). The molecular formula is C25H34BrN3O4S. The number of rotatable bonds is 8. The molecule has 186 valence electrons. The van der Waals surface area contributed by atoms with Crippen molar-refractivity contribution in [1.29, 1.82) is 0 Å². The smallest absolute Gasteiger partial charge is 0.244 e. The van der Waals surface area contributed by atoms with Gasteiger partial charge < -0.3 is 10.2 Å². The molecule has 0 heterocycles. The lowest BCUT2D eigenvalue weighted by Gasteiger charge is -2.33. The van der Waals surface area contributed by atoms with Crippen LogP contribution in [0.15, 0.2) is 46.9 Å². The fourth-order valence-corrected chi connectivity index (χ4v) is 4.44. The first-order valence-corrected chi connectivity index (χ1v) is 13.6. The van der Waals surface area contributed by atoms with Crippen molar-refractivity contribution in [3.63, 3.8) is 0 Å². The number of nitrogens with zero attached hydrogens (tertiary/aromatic N) is 2. The van der Waals surface area contributed by atoms with Gasteiger partial charge in [-0.05, 0) is 82.5 Å². The zero-order valence-corrected chi connectivity index (χ0v) is 23.2. The lowest BCUT2D eigenvalue weighted by molar-refractivity contribution is -0.140. The predicted molar refractivity (Wildman–Crippen MR) is 140 cm³/mol. The molecule has 0 aromatic heterocycles. The van der Waals surface area contributed by atoms with Gasteiger partial charge in [0.1, 0.15) is 12.6 Å². The number of hydrogen-bond donors (Lipinski definition) is 1. The van der Waals surface area contributed by atoms with Crippen LogP contribution in [0.4, 0.5) is 5.69 Å². The van der Waals surface area contributed by atoms with Crippen LogP contribution in [0.25, 0.3) is 0 Å². The highest BCUT2D eigenvalue weighted by Crippen LogP contribution is 2.22. The number of anilines is 1. The molecule has 2 aromatic rings. The van der Waals surface area contributed by atoms with Crippen LogP contribution in [0.1, 0.15) is 44.4 Å². The van der Waals surface area contributed by atoms with E-state index in [0.29, 0.717) is 5.69 Å². The molecule has 0 fully saturated rings. The molecule has 0 radical (unpaired) electrons. The van der Waals surface area contributed by atoms with Crippen molar-refractivity contribution in [3.8, 4) is 0 Å². The van der Waals surface area contributed by atoms with Crippen molar-refractivity contribution in [2.75, 3.05) is 17.1 Å². The predicted octanol–water partition coefficient (Wildman–Crippen LogP) is 4.16. The van der Waals surface area contributed by atoms with E-state index in [9.17, 15) is 18.0 Å². The summed E-state index contributed by atoms with van der Waals surface area (Å²) >= 11 is 3.40. The molecule has 0 spiro atoms. The number of amides is 2. The zero-order valence-electron chi connectivity index (χ0n) is 20.8. The van der Waals surface area contributed by atoms with E-state index in [2.05, 4.69) is 21.2 Å². The third-order valence-electron chi connectivity index (χ3n) is 5.39. The first-order chi connectivity index (χ1) is 15.6. The van der Waals surface area contributed by atoms with Gasteiger partial charge in [0.05, 0.1) is 11.9 Å². The van der Waals surface area contributed by atoms with Gasteiger partial charge in [-0.15, -0.1) is 0 Å². The summed E-state index contributed by atoms with van der Waals surface area (Å²) in [5.41, 5.74) is 2.70. The highest BCUT2D eigenvalue weighted by atomic mass is 79.9. The Balaban J connectivity index is 2.41. The number of carbonyl (C=O) groups excluding carboxylic acids is 2. The first-order valence-electron chi connectivity index (χ1n) is 11.0. The molecule has 2 amide bonds. The molecule has 34 heavy (non-hydrogen) atoms. The molecule has 0 saturated carbocycles. The van der Waals surface area contributed by atoms with E-state index in [1.54, 1.807) is 19.1 Å². The second-order valence-electron chi connectivity index (χ2n) is 9.60. The van der Waals surface area contributed by atoms with Crippen LogP contribution >= 0.6 is 15.9 Å². The van der Waals surface area contributed by atoms with Gasteiger partial charge in [0.25, 0.3) is 0 Å². The van der Waals surface area contributed by atoms with Crippen molar-refractivity contribution in [1.82, 2.24) is 10.2 Å². The van der Waals surface area contributed by atoms with Gasteiger partial charge in [-0.3, -0.25) is 13.9 Å². The summed E-state index contributed by atoms with van der Waals surface area (Å²) in [6, 6.07) is 11.9. The van der Waals surface area contributed by atoms with Crippen LogP contribution < -0.4 is 9.62 Å². The van der Waals surface area contributed by atoms with E-state index in [1.807, 2.05) is 65.0 Å². The molecule has 1 N–H and O–H groups in total. The number of nitrogens with one attached hydrogen (secondary N) is 1. The third-order valence-corrected chi connectivity index (χ3v) is 7.06. The zero-order chi connectivity index (χ0) is 25.8. The SMILES string of the molecule is Cc1ccc(N(CC(=O)N(Cc2ccc(Br)cc2)C(C)C(=O)NC(C)(C)C)S(C)(=O)=O)cc1C. The largest absolute Gasteiger partial charge is 0.350 e. The second kappa shape index (κ2) is 10.9. The molecule has 0 aliphatic carbocycles. The Labute approximate surface area is 211 Å². The fourth-order valence-electron chi connectivity index (χ4n) is 3.34. The molecule has 0 saturated heterocycles. The van der Waals surface area contributed by atoms with Crippen molar-refractivity contribution >= 4 is 43.5 Å². The summed E-state index contributed by atoms with van der Waals surface area (Å²) in [4.78, 5) is 27.9. The summed E-state index contributed by atoms with van der Waals surface area (Å²) < 4.78 is 27.3. The van der Waals surface area contributed by atoms with E-state index < -0.39 is 34.1 Å². The van der Waals surface area contributed by atoms with Gasteiger partial charge in [-0.25, -0.2) is 8.42 Å². The van der Waals surface area contributed by atoms with E-state index in [4.69, 9.17) is 0 Å². The second-order valence-corrected chi connectivity index (χ2v) is 12.4. The Morgan fingerprint density at radius 3 is 2.12 bits per heavy atom. The average Bonchev–Trinajstić information content (AvgIpc) is 2.71. The monoisotopic (exact) mass is 551 g/mol. The quantitative estimate of drug-likeness (QED) is 0.533. The third kappa shape index (κ3) is 7.84. The van der Waals surface area contributed by atoms with Crippen molar-refractivity contribution in [3.05, 3.63) is 63.6 Å². The Morgan fingerprint density at radius 1 is 1.03 bits per heavy atom. The Morgan fingerprint density at radius 2 is 1.62 bits per heavy atom. The van der Waals surface area contributed by atoms with Crippen LogP contribution in [0.3, 0.4) is 0 Å². The normalized spacial score (nSPS) is 12.7. The van der Waals surface area contributed by atoms with Crippen LogP contribution in [0.2, 0.25) is 0 Å². The number of carbonyl (C=O) groups is 2. The molecule has 0 bridgehead atoms. The Bertz CT molecular complexity index is 1140. The van der Waals surface area contributed by atoms with Crippen molar-refractivity contribution in [2.24, 2.45) is 0 Å². The van der Waals surface area contributed by atoms with Crippen LogP contribution in [-0.4, -0.2) is 49.5 Å². The van der Waals surface area contributed by atoms with Crippen LogP contribution in [-0.2, 0) is 26.2 Å². The van der Waals surface area contributed by atoms with Gasteiger partial charge in [0.15, 0.2) is 0 Å². The standard InChI is InChI=1S/C25H34BrN3O4S/c1-17-8-13-22(14-18(17)2)29(34(7,32)33)16-23(30)28(15-20-9-11-21(26)12-10-20)19(3)24(31)27-25(4,5)6/h8-14,19H,15-16H2,1-7H3,(H,27,31). The van der Waals surface area contributed by atoms with E-state index >= 15 is 0 Å². The molecule has 1 atom stereocenters.